The minimum absolute atomic E-state index is 0.117. The molecule has 0 bridgehead atoms. The first kappa shape index (κ1) is 23.7. The standard InChI is InChI=1S/C23H30N4O4S/c28-22(24-14-13-19-7-3-1-4-8-19)18-26-23(29)25-17-20-9-11-21(12-10-20)32(30,31)27-15-5-2-6-16-27/h1,3-4,7-12H,2,5-6,13-18H2,(H,24,28)(H2,25,26,29). The summed E-state index contributed by atoms with van der Waals surface area (Å²) in [6.07, 6.45) is 3.57. The lowest BCUT2D eigenvalue weighted by Crippen LogP contribution is -2.42. The van der Waals surface area contributed by atoms with Gasteiger partial charge in [0.2, 0.25) is 15.9 Å². The lowest BCUT2D eigenvalue weighted by molar-refractivity contribution is -0.120. The molecule has 2 aromatic rings. The number of carbonyl (C=O) groups is 2. The van der Waals surface area contributed by atoms with E-state index in [-0.39, 0.29) is 23.9 Å². The molecule has 0 radical (unpaired) electrons. The van der Waals surface area contributed by atoms with Gasteiger partial charge in [0.25, 0.3) is 0 Å². The number of urea groups is 1. The van der Waals surface area contributed by atoms with Crippen molar-refractivity contribution in [1.29, 1.82) is 0 Å². The van der Waals surface area contributed by atoms with Gasteiger partial charge < -0.3 is 16.0 Å². The lowest BCUT2D eigenvalue weighted by Gasteiger charge is -2.25. The van der Waals surface area contributed by atoms with E-state index in [1.807, 2.05) is 30.3 Å². The van der Waals surface area contributed by atoms with Crippen molar-refractivity contribution in [2.75, 3.05) is 26.2 Å². The van der Waals surface area contributed by atoms with Crippen LogP contribution < -0.4 is 16.0 Å². The molecule has 3 N–H and O–H groups in total. The quantitative estimate of drug-likeness (QED) is 0.534. The van der Waals surface area contributed by atoms with Crippen molar-refractivity contribution >= 4 is 22.0 Å². The van der Waals surface area contributed by atoms with Crippen molar-refractivity contribution in [3.63, 3.8) is 0 Å². The van der Waals surface area contributed by atoms with Gasteiger partial charge in [0, 0.05) is 26.2 Å². The molecular weight excluding hydrogens is 428 g/mol. The predicted molar refractivity (Wildman–Crippen MR) is 122 cm³/mol. The third kappa shape index (κ3) is 7.06. The van der Waals surface area contributed by atoms with Gasteiger partial charge in [-0.2, -0.15) is 4.31 Å². The zero-order valence-electron chi connectivity index (χ0n) is 18.0. The largest absolute Gasteiger partial charge is 0.354 e. The molecule has 0 aliphatic carbocycles. The van der Waals surface area contributed by atoms with E-state index in [0.29, 0.717) is 19.6 Å². The number of nitrogens with one attached hydrogen (secondary N) is 3. The van der Waals surface area contributed by atoms with Crippen molar-refractivity contribution in [1.82, 2.24) is 20.3 Å². The molecule has 0 unspecified atom stereocenters. The van der Waals surface area contributed by atoms with E-state index in [1.54, 1.807) is 24.3 Å². The monoisotopic (exact) mass is 458 g/mol. The third-order valence-electron chi connectivity index (χ3n) is 5.32. The average Bonchev–Trinajstić information content (AvgIpc) is 2.83. The van der Waals surface area contributed by atoms with Crippen molar-refractivity contribution in [2.24, 2.45) is 0 Å². The zero-order valence-corrected chi connectivity index (χ0v) is 18.9. The third-order valence-corrected chi connectivity index (χ3v) is 7.23. The van der Waals surface area contributed by atoms with Gasteiger partial charge in [-0.25, -0.2) is 13.2 Å². The number of rotatable bonds is 9. The van der Waals surface area contributed by atoms with Gasteiger partial charge in [0.15, 0.2) is 0 Å². The van der Waals surface area contributed by atoms with Crippen LogP contribution in [0.1, 0.15) is 30.4 Å². The van der Waals surface area contributed by atoms with Crippen molar-refractivity contribution < 1.29 is 18.0 Å². The second kappa shape index (κ2) is 11.6. The first-order valence-corrected chi connectivity index (χ1v) is 12.3. The van der Waals surface area contributed by atoms with Crippen LogP contribution in [-0.2, 0) is 27.8 Å². The number of hydrogen-bond acceptors (Lipinski definition) is 4. The summed E-state index contributed by atoms with van der Waals surface area (Å²) in [6, 6.07) is 15.9. The Labute approximate surface area is 189 Å². The van der Waals surface area contributed by atoms with Crippen LogP contribution in [0, 0.1) is 0 Å². The van der Waals surface area contributed by atoms with Gasteiger partial charge in [0.05, 0.1) is 11.4 Å². The van der Waals surface area contributed by atoms with Crippen LogP contribution in [0.2, 0.25) is 0 Å². The molecule has 1 aliphatic rings. The number of benzene rings is 2. The Balaban J connectivity index is 1.36. The highest BCUT2D eigenvalue weighted by molar-refractivity contribution is 7.89. The Morgan fingerprint density at radius 1 is 0.812 bits per heavy atom. The summed E-state index contributed by atoms with van der Waals surface area (Å²) in [7, 11) is -3.46. The van der Waals surface area contributed by atoms with E-state index >= 15 is 0 Å². The Morgan fingerprint density at radius 2 is 1.50 bits per heavy atom. The first-order chi connectivity index (χ1) is 15.4. The minimum Gasteiger partial charge on any atom is -0.354 e. The minimum atomic E-state index is -3.46. The summed E-state index contributed by atoms with van der Waals surface area (Å²) in [5.41, 5.74) is 1.90. The van der Waals surface area contributed by atoms with Crippen LogP contribution in [0.15, 0.2) is 59.5 Å². The van der Waals surface area contributed by atoms with Gasteiger partial charge >= 0.3 is 6.03 Å². The Kier molecular flexibility index (Phi) is 8.64. The van der Waals surface area contributed by atoms with Crippen molar-refractivity contribution in [2.45, 2.75) is 37.1 Å². The number of sulfonamides is 1. The Hall–Kier alpha value is -2.91. The van der Waals surface area contributed by atoms with Crippen LogP contribution in [0.4, 0.5) is 4.79 Å². The average molecular weight is 459 g/mol. The molecule has 8 nitrogen and oxygen atoms in total. The smallest absolute Gasteiger partial charge is 0.315 e. The maximum absolute atomic E-state index is 12.7. The van der Waals surface area contributed by atoms with Crippen LogP contribution in [0.3, 0.4) is 0 Å². The number of amides is 3. The fraction of sp³-hybridized carbons (Fsp3) is 0.391. The van der Waals surface area contributed by atoms with Gasteiger partial charge in [-0.1, -0.05) is 48.9 Å². The molecule has 32 heavy (non-hydrogen) atoms. The normalized spacial score (nSPS) is 14.5. The van der Waals surface area contributed by atoms with Crippen LogP contribution >= 0.6 is 0 Å². The first-order valence-electron chi connectivity index (χ1n) is 10.9. The lowest BCUT2D eigenvalue weighted by atomic mass is 10.1. The molecule has 0 atom stereocenters. The number of nitrogens with zero attached hydrogens (tertiary/aromatic N) is 1. The van der Waals surface area contributed by atoms with E-state index in [9.17, 15) is 18.0 Å². The SMILES string of the molecule is O=C(CNC(=O)NCc1ccc(S(=O)(=O)N2CCCCC2)cc1)NCCc1ccccc1. The summed E-state index contributed by atoms with van der Waals surface area (Å²) in [6.45, 7) is 1.73. The highest BCUT2D eigenvalue weighted by Gasteiger charge is 2.25. The van der Waals surface area contributed by atoms with Crippen molar-refractivity contribution in [3.8, 4) is 0 Å². The van der Waals surface area contributed by atoms with Crippen LogP contribution in [0.5, 0.6) is 0 Å². The summed E-state index contributed by atoms with van der Waals surface area (Å²) in [4.78, 5) is 24.1. The highest BCUT2D eigenvalue weighted by atomic mass is 32.2. The molecule has 1 fully saturated rings. The summed E-state index contributed by atoms with van der Waals surface area (Å²) >= 11 is 0. The van der Waals surface area contributed by atoms with Gasteiger partial charge in [-0.15, -0.1) is 0 Å². The number of hydrogen-bond donors (Lipinski definition) is 3. The molecule has 0 saturated carbocycles. The fourth-order valence-electron chi connectivity index (χ4n) is 3.49. The molecule has 3 rings (SSSR count). The van der Waals surface area contributed by atoms with E-state index in [2.05, 4.69) is 16.0 Å². The fourth-order valence-corrected chi connectivity index (χ4v) is 5.01. The van der Waals surface area contributed by atoms with E-state index in [4.69, 9.17) is 0 Å². The van der Waals surface area contributed by atoms with Gasteiger partial charge in [-0.3, -0.25) is 4.79 Å². The summed E-state index contributed by atoms with van der Waals surface area (Å²) in [5, 5.41) is 7.95. The molecule has 9 heteroatoms. The number of piperidine rings is 1. The number of carbonyl (C=O) groups excluding carboxylic acids is 2. The van der Waals surface area contributed by atoms with E-state index in [1.165, 1.54) is 4.31 Å². The van der Waals surface area contributed by atoms with Gasteiger partial charge in [0.1, 0.15) is 0 Å². The second-order valence-corrected chi connectivity index (χ2v) is 9.67. The molecular formula is C23H30N4O4S. The van der Waals surface area contributed by atoms with Crippen molar-refractivity contribution in [3.05, 3.63) is 65.7 Å². The highest BCUT2D eigenvalue weighted by Crippen LogP contribution is 2.20. The zero-order chi connectivity index (χ0) is 22.8. The summed E-state index contributed by atoms with van der Waals surface area (Å²) < 4.78 is 26.9. The molecule has 0 aromatic heterocycles. The molecule has 1 aliphatic heterocycles. The summed E-state index contributed by atoms with van der Waals surface area (Å²) in [5.74, 6) is -0.261. The molecule has 0 spiro atoms. The van der Waals surface area contributed by atoms with E-state index in [0.717, 1.165) is 36.8 Å². The maximum Gasteiger partial charge on any atom is 0.315 e. The van der Waals surface area contributed by atoms with E-state index < -0.39 is 16.1 Å². The topological polar surface area (TPSA) is 108 Å². The molecule has 3 amide bonds. The molecule has 2 aromatic carbocycles. The van der Waals surface area contributed by atoms with Crippen LogP contribution in [-0.4, -0.2) is 50.8 Å². The van der Waals surface area contributed by atoms with Gasteiger partial charge in [-0.05, 0) is 42.5 Å². The Morgan fingerprint density at radius 3 is 2.19 bits per heavy atom. The molecule has 1 heterocycles. The van der Waals surface area contributed by atoms with Crippen LogP contribution in [0.25, 0.3) is 0 Å². The maximum atomic E-state index is 12.7. The Bertz CT molecular complexity index is 988. The predicted octanol–water partition coefficient (Wildman–Crippen LogP) is 2.02. The molecule has 172 valence electrons. The second-order valence-electron chi connectivity index (χ2n) is 7.73. The molecule has 1 saturated heterocycles.